The summed E-state index contributed by atoms with van der Waals surface area (Å²) >= 11 is 0. The molecule has 0 bridgehead atoms. The third kappa shape index (κ3) is 12.5. The Hall–Kier alpha value is 0.880. The van der Waals surface area contributed by atoms with Crippen molar-refractivity contribution in [2.45, 2.75) is 33.0 Å². The predicted molar refractivity (Wildman–Crippen MR) is 139 cm³/mol. The van der Waals surface area contributed by atoms with E-state index < -0.39 is 5.97 Å². The highest BCUT2D eigenvalue weighted by atomic mass is 33.2. The summed E-state index contributed by atoms with van der Waals surface area (Å²) in [6.45, 7) is 3.97. The fourth-order valence-corrected chi connectivity index (χ4v) is 16.3. The molecule has 2 aliphatic rings. The Morgan fingerprint density at radius 2 is 1.50 bits per heavy atom. The number of rotatable bonds is 19. The van der Waals surface area contributed by atoms with Gasteiger partial charge in [0.05, 0.1) is 56.7 Å². The summed E-state index contributed by atoms with van der Waals surface area (Å²) in [5.41, 5.74) is 0. The minimum Gasteiger partial charge on any atom is -0.481 e. The van der Waals surface area contributed by atoms with Crippen LogP contribution in [0.5, 0.6) is 0 Å². The van der Waals surface area contributed by atoms with Gasteiger partial charge in [-0.1, -0.05) is 49.6 Å². The van der Waals surface area contributed by atoms with E-state index in [0.717, 1.165) is 12.8 Å². The summed E-state index contributed by atoms with van der Waals surface area (Å²) in [4.78, 5) is 23.5. The number of carbonyl (C=O) groups excluding carboxylic acids is 1. The molecule has 2 saturated heterocycles. The molecule has 2 heterocycles. The van der Waals surface area contributed by atoms with Crippen molar-refractivity contribution in [2.75, 3.05) is 59.9 Å². The van der Waals surface area contributed by atoms with Crippen molar-refractivity contribution in [2.24, 2.45) is 5.92 Å². The first-order valence-corrected chi connectivity index (χ1v) is 16.9. The molecule has 2 fully saturated rings. The number of methoxy groups -OCH3 is 1. The number of unbranched alkanes of at least 4 members (excludes halogenated alkanes) is 1. The van der Waals surface area contributed by atoms with Crippen molar-refractivity contribution in [3.8, 4) is 0 Å². The minimum absolute atomic E-state index is 0.0526. The van der Waals surface area contributed by atoms with Crippen LogP contribution in [0, 0.1) is 5.92 Å². The Morgan fingerprint density at radius 3 is 2.06 bits per heavy atom. The van der Waals surface area contributed by atoms with Crippen molar-refractivity contribution in [1.29, 1.82) is 0 Å². The van der Waals surface area contributed by atoms with Crippen LogP contribution in [0.4, 0.5) is 0 Å². The number of carboxylic acid groups (broad SMARTS) is 1. The molecule has 0 saturated carbocycles. The van der Waals surface area contributed by atoms with Crippen LogP contribution in [-0.2, 0) is 28.5 Å². The van der Waals surface area contributed by atoms with Gasteiger partial charge in [0.25, 0.3) is 0 Å². The maximum atomic E-state index is 11.9. The molecule has 0 aromatic heterocycles. The molecule has 32 heavy (non-hydrogen) atoms. The van der Waals surface area contributed by atoms with E-state index in [9.17, 15) is 14.7 Å². The van der Waals surface area contributed by atoms with E-state index in [0.29, 0.717) is 65.6 Å². The second-order valence-corrected chi connectivity index (χ2v) is 16.3. The zero-order valence-corrected chi connectivity index (χ0v) is 22.9. The number of carboxylic acids is 1. The van der Waals surface area contributed by atoms with Crippen LogP contribution in [0.1, 0.15) is 25.7 Å². The van der Waals surface area contributed by atoms with Crippen LogP contribution in [0.3, 0.4) is 0 Å². The molecule has 0 radical (unpaired) electrons. The summed E-state index contributed by atoms with van der Waals surface area (Å²) in [5, 5.41) is 12.5. The largest absolute Gasteiger partial charge is 0.481 e. The zero-order chi connectivity index (χ0) is 23.1. The van der Waals surface area contributed by atoms with Gasteiger partial charge >= 0.3 is 5.97 Å². The maximum absolute atomic E-state index is 11.9. The van der Waals surface area contributed by atoms with E-state index in [1.807, 2.05) is 21.6 Å². The SMILES string of the molecule is COCCOCCOCCOCCC(=O)NCCCC[C@@H](C(=O)O)C1SSC2(SS1)SS2. The monoisotopic (exact) mass is 565 g/mol. The van der Waals surface area contributed by atoms with E-state index >= 15 is 0 Å². The van der Waals surface area contributed by atoms with Crippen LogP contribution in [-0.4, -0.2) is 84.2 Å². The van der Waals surface area contributed by atoms with Crippen LogP contribution in [0.25, 0.3) is 0 Å². The minimum atomic E-state index is -0.730. The van der Waals surface area contributed by atoms with Crippen LogP contribution in [0.15, 0.2) is 0 Å². The van der Waals surface area contributed by atoms with Gasteiger partial charge in [0.2, 0.25) is 5.91 Å². The lowest BCUT2D eigenvalue weighted by atomic mass is 10.0. The molecular formula is C18H31NO7S6. The van der Waals surface area contributed by atoms with Gasteiger partial charge in [0.1, 0.15) is 0 Å². The molecule has 1 spiro atoms. The van der Waals surface area contributed by atoms with Gasteiger partial charge in [0.15, 0.2) is 2.74 Å². The zero-order valence-electron chi connectivity index (χ0n) is 18.0. The number of amides is 1. The number of ether oxygens (including phenoxy) is 4. The normalized spacial score (nSPS) is 18.5. The summed E-state index contributed by atoms with van der Waals surface area (Å²) < 4.78 is 21.2. The van der Waals surface area contributed by atoms with Gasteiger partial charge in [-0.3, -0.25) is 9.59 Å². The number of hydrogen-bond donors (Lipinski definition) is 2. The quantitative estimate of drug-likeness (QED) is 0.133. The summed E-state index contributed by atoms with van der Waals surface area (Å²) in [6.07, 6.45) is 2.49. The summed E-state index contributed by atoms with van der Waals surface area (Å²) in [7, 11) is 12.3. The molecule has 2 N–H and O–H groups in total. The third-order valence-corrected chi connectivity index (χ3v) is 18.1. The number of carbonyl (C=O) groups is 2. The molecule has 0 aliphatic carbocycles. The van der Waals surface area contributed by atoms with Gasteiger partial charge in [-0.05, 0) is 34.4 Å². The van der Waals surface area contributed by atoms with Gasteiger partial charge in [-0.25, -0.2) is 0 Å². The van der Waals surface area contributed by atoms with Gasteiger partial charge < -0.3 is 29.4 Å². The number of hydrogen-bond acceptors (Lipinski definition) is 12. The first-order chi connectivity index (χ1) is 15.6. The second-order valence-electron chi connectivity index (χ2n) is 6.76. The Kier molecular flexibility index (Phi) is 15.8. The van der Waals surface area contributed by atoms with Crippen molar-refractivity contribution < 1.29 is 33.6 Å². The standard InChI is InChI=1S/C18H31NO7S6/c1-23-8-9-25-12-13-26-11-10-24-7-5-15(20)19-6-3-2-4-14(16(21)22)17-27-29-18(30-28-17)31-32-18/h14,17H,2-13H2,1H3,(H,19,20)(H,21,22)/t14-/m0/s1. The van der Waals surface area contributed by atoms with E-state index in [4.69, 9.17) is 18.9 Å². The smallest absolute Gasteiger partial charge is 0.308 e. The van der Waals surface area contributed by atoms with Crippen molar-refractivity contribution in [1.82, 2.24) is 5.32 Å². The fourth-order valence-electron chi connectivity index (χ4n) is 2.50. The highest BCUT2D eigenvalue weighted by Gasteiger charge is 2.53. The Bertz CT molecular complexity index is 548. The average molecular weight is 566 g/mol. The van der Waals surface area contributed by atoms with Gasteiger partial charge in [0, 0.05) is 20.1 Å². The summed E-state index contributed by atoms with van der Waals surface area (Å²) in [5.74, 6) is -1.14. The highest BCUT2D eigenvalue weighted by Crippen LogP contribution is 2.84. The topological polar surface area (TPSA) is 103 Å². The van der Waals surface area contributed by atoms with E-state index in [2.05, 4.69) is 5.32 Å². The van der Waals surface area contributed by atoms with Crippen molar-refractivity contribution >= 4 is 76.6 Å². The lowest BCUT2D eigenvalue weighted by molar-refractivity contribution is -0.141. The number of aliphatic carboxylic acids is 1. The lowest BCUT2D eigenvalue weighted by Gasteiger charge is -2.27. The molecule has 2 aliphatic heterocycles. The first kappa shape index (κ1) is 29.1. The molecule has 1 atom stereocenters. The molecule has 2 rings (SSSR count). The Morgan fingerprint density at radius 1 is 0.906 bits per heavy atom. The maximum Gasteiger partial charge on any atom is 0.308 e. The highest BCUT2D eigenvalue weighted by molar-refractivity contribution is 9.14. The van der Waals surface area contributed by atoms with Crippen LogP contribution in [0.2, 0.25) is 0 Å². The van der Waals surface area contributed by atoms with Crippen molar-refractivity contribution in [3.63, 3.8) is 0 Å². The molecule has 14 heteroatoms. The van der Waals surface area contributed by atoms with Gasteiger partial charge in [-0.2, -0.15) is 0 Å². The molecule has 0 aromatic rings. The molecular weight excluding hydrogens is 535 g/mol. The molecule has 186 valence electrons. The Balaban J connectivity index is 1.39. The lowest BCUT2D eigenvalue weighted by Crippen LogP contribution is -2.27. The van der Waals surface area contributed by atoms with E-state index in [-0.39, 0.29) is 19.2 Å². The first-order valence-electron chi connectivity index (χ1n) is 10.3. The molecule has 1 amide bonds. The van der Waals surface area contributed by atoms with Crippen molar-refractivity contribution in [3.05, 3.63) is 0 Å². The number of nitrogens with one attached hydrogen (secondary N) is 1. The Labute approximate surface area is 213 Å². The van der Waals surface area contributed by atoms with E-state index in [1.165, 1.54) is 0 Å². The van der Waals surface area contributed by atoms with Crippen LogP contribution >= 0.6 is 64.8 Å². The summed E-state index contributed by atoms with van der Waals surface area (Å²) in [6, 6.07) is 0. The molecule has 0 aromatic carbocycles. The van der Waals surface area contributed by atoms with Crippen LogP contribution < -0.4 is 5.32 Å². The second kappa shape index (κ2) is 17.3. The fraction of sp³-hybridized carbons (Fsp3) is 0.889. The molecule has 0 unspecified atom stereocenters. The predicted octanol–water partition coefficient (Wildman–Crippen LogP) is 4.17. The molecule has 8 nitrogen and oxygen atoms in total. The average Bonchev–Trinajstić information content (AvgIpc) is 3.54. The van der Waals surface area contributed by atoms with Gasteiger partial charge in [-0.15, -0.1) is 0 Å². The third-order valence-electron chi connectivity index (χ3n) is 4.27. The van der Waals surface area contributed by atoms with E-state index in [1.54, 1.807) is 50.3 Å².